The maximum atomic E-state index is 12.2. The third-order valence-corrected chi connectivity index (χ3v) is 3.73. The number of alkyl halides is 1. The van der Waals surface area contributed by atoms with Crippen molar-refractivity contribution in [2.45, 2.75) is 32.1 Å². The maximum Gasteiger partial charge on any atom is 0.343 e. The van der Waals surface area contributed by atoms with Gasteiger partial charge in [0.2, 0.25) is 0 Å². The molecule has 0 bridgehead atoms. The largest absolute Gasteiger partial charge is 0.494 e. The molecule has 0 saturated heterocycles. The number of rotatable bonds is 9. The molecule has 0 N–H and O–H groups in total. The third kappa shape index (κ3) is 6.94. The number of esters is 2. The second-order valence-electron chi connectivity index (χ2n) is 6.02. The van der Waals surface area contributed by atoms with Crippen LogP contribution in [0.3, 0.4) is 0 Å². The zero-order valence-electron chi connectivity index (χ0n) is 15.4. The second kappa shape index (κ2) is 10.6. The van der Waals surface area contributed by atoms with Gasteiger partial charge in [0.1, 0.15) is 18.1 Å². The zero-order chi connectivity index (χ0) is 19.6. The Bertz CT molecular complexity index is 738. The van der Waals surface area contributed by atoms with Crippen molar-refractivity contribution in [3.8, 4) is 11.5 Å². The number of hydrogen-bond donors (Lipinski definition) is 0. The topological polar surface area (TPSA) is 61.8 Å². The first-order valence-corrected chi connectivity index (χ1v) is 9.29. The first kappa shape index (κ1) is 20.8. The Morgan fingerprint density at radius 1 is 0.926 bits per heavy atom. The Kier molecular flexibility index (Phi) is 8.14. The summed E-state index contributed by atoms with van der Waals surface area (Å²) in [6.45, 7) is 4.62. The zero-order valence-corrected chi connectivity index (χ0v) is 16.2. The highest BCUT2D eigenvalue weighted by Gasteiger charge is 2.12. The lowest BCUT2D eigenvalue weighted by Gasteiger charge is -2.08. The molecule has 0 aliphatic rings. The quantitative estimate of drug-likeness (QED) is 0.264. The van der Waals surface area contributed by atoms with Crippen molar-refractivity contribution in [2.75, 3.05) is 13.2 Å². The second-order valence-corrected chi connectivity index (χ2v) is 6.76. The number of halogens is 1. The van der Waals surface area contributed by atoms with Crippen LogP contribution in [0.5, 0.6) is 11.5 Å². The van der Waals surface area contributed by atoms with Crippen molar-refractivity contribution in [3.63, 3.8) is 0 Å². The highest BCUT2D eigenvalue weighted by atomic mass is 35.5. The molecular formula is C21H23ClO5. The highest BCUT2D eigenvalue weighted by Crippen LogP contribution is 2.17. The van der Waals surface area contributed by atoms with Gasteiger partial charge < -0.3 is 14.2 Å². The van der Waals surface area contributed by atoms with Gasteiger partial charge in [0.25, 0.3) is 0 Å². The first-order valence-electron chi connectivity index (χ1n) is 8.86. The van der Waals surface area contributed by atoms with E-state index in [1.54, 1.807) is 43.3 Å². The van der Waals surface area contributed by atoms with Gasteiger partial charge in [-0.15, -0.1) is 11.6 Å². The van der Waals surface area contributed by atoms with Crippen molar-refractivity contribution in [1.29, 1.82) is 0 Å². The van der Waals surface area contributed by atoms with E-state index in [-0.39, 0.29) is 12.0 Å². The monoisotopic (exact) mass is 390 g/mol. The lowest BCUT2D eigenvalue weighted by molar-refractivity contribution is 0.0508. The Morgan fingerprint density at radius 2 is 1.48 bits per heavy atom. The molecule has 0 radical (unpaired) electrons. The molecular weight excluding hydrogens is 368 g/mol. The Labute approximate surface area is 164 Å². The van der Waals surface area contributed by atoms with Gasteiger partial charge in [0.05, 0.1) is 23.1 Å². The summed E-state index contributed by atoms with van der Waals surface area (Å²) in [5.74, 6) is 0.0973. The van der Waals surface area contributed by atoms with Crippen LogP contribution in [0.4, 0.5) is 0 Å². The summed E-state index contributed by atoms with van der Waals surface area (Å²) >= 11 is 5.75. The van der Waals surface area contributed by atoms with Crippen LogP contribution in [0, 0.1) is 0 Å². The van der Waals surface area contributed by atoms with Gasteiger partial charge in [-0.2, -0.15) is 0 Å². The van der Waals surface area contributed by atoms with Gasteiger partial charge in [-0.1, -0.05) is 13.3 Å². The number of carbonyl (C=O) groups is 2. The van der Waals surface area contributed by atoms with Crippen molar-refractivity contribution >= 4 is 23.5 Å². The van der Waals surface area contributed by atoms with Crippen LogP contribution in [0.2, 0.25) is 0 Å². The smallest absolute Gasteiger partial charge is 0.343 e. The summed E-state index contributed by atoms with van der Waals surface area (Å²) in [6.07, 6.45) is 2.05. The van der Waals surface area contributed by atoms with Gasteiger partial charge in [0.15, 0.2) is 0 Å². The molecule has 27 heavy (non-hydrogen) atoms. The minimum absolute atomic E-state index is 0.134. The number of unbranched alkanes of at least 4 members (excludes halogenated alkanes) is 1. The van der Waals surface area contributed by atoms with E-state index in [9.17, 15) is 9.59 Å². The normalized spacial score (nSPS) is 11.5. The van der Waals surface area contributed by atoms with Crippen LogP contribution in [0.15, 0.2) is 48.5 Å². The molecule has 144 valence electrons. The molecule has 0 saturated carbocycles. The summed E-state index contributed by atoms with van der Waals surface area (Å²) in [7, 11) is 0. The van der Waals surface area contributed by atoms with E-state index >= 15 is 0 Å². The van der Waals surface area contributed by atoms with E-state index < -0.39 is 11.9 Å². The summed E-state index contributed by atoms with van der Waals surface area (Å²) < 4.78 is 15.9. The van der Waals surface area contributed by atoms with Crippen molar-refractivity contribution < 1.29 is 23.8 Å². The third-order valence-electron chi connectivity index (χ3n) is 3.60. The average molecular weight is 391 g/mol. The average Bonchev–Trinajstić information content (AvgIpc) is 2.67. The molecule has 0 spiro atoms. The highest BCUT2D eigenvalue weighted by molar-refractivity contribution is 6.20. The molecule has 0 amide bonds. The van der Waals surface area contributed by atoms with Crippen LogP contribution >= 0.6 is 11.6 Å². The number of hydrogen-bond acceptors (Lipinski definition) is 5. The Balaban J connectivity index is 1.90. The van der Waals surface area contributed by atoms with Gasteiger partial charge >= 0.3 is 11.9 Å². The van der Waals surface area contributed by atoms with Crippen LogP contribution < -0.4 is 9.47 Å². The summed E-state index contributed by atoms with van der Waals surface area (Å²) in [4.78, 5) is 24.0. The van der Waals surface area contributed by atoms with Gasteiger partial charge in [0, 0.05) is 0 Å². The fraction of sp³-hybridized carbons (Fsp3) is 0.333. The van der Waals surface area contributed by atoms with Gasteiger partial charge in [-0.25, -0.2) is 9.59 Å². The predicted molar refractivity (Wildman–Crippen MR) is 104 cm³/mol. The van der Waals surface area contributed by atoms with E-state index in [0.29, 0.717) is 29.2 Å². The molecule has 2 rings (SSSR count). The van der Waals surface area contributed by atoms with Gasteiger partial charge in [-0.05, 0) is 61.9 Å². The van der Waals surface area contributed by atoms with Crippen molar-refractivity contribution in [2.24, 2.45) is 0 Å². The lowest BCUT2D eigenvalue weighted by Crippen LogP contribution is -2.12. The molecule has 2 aromatic rings. The molecule has 1 atom stereocenters. The van der Waals surface area contributed by atoms with E-state index in [4.69, 9.17) is 25.8 Å². The fourth-order valence-electron chi connectivity index (χ4n) is 2.12. The number of carbonyl (C=O) groups excluding carboxylic acids is 2. The van der Waals surface area contributed by atoms with Crippen LogP contribution in [-0.4, -0.2) is 30.5 Å². The van der Waals surface area contributed by atoms with Crippen molar-refractivity contribution in [1.82, 2.24) is 0 Å². The van der Waals surface area contributed by atoms with E-state index in [0.717, 1.165) is 12.8 Å². The Morgan fingerprint density at radius 3 is 2.04 bits per heavy atom. The number of ether oxygens (including phenoxy) is 3. The predicted octanol–water partition coefficient (Wildman–Crippen LogP) is 4.87. The molecule has 0 heterocycles. The van der Waals surface area contributed by atoms with Crippen LogP contribution in [0.1, 0.15) is 47.4 Å². The van der Waals surface area contributed by atoms with Crippen LogP contribution in [-0.2, 0) is 4.74 Å². The molecule has 0 aromatic heterocycles. The molecule has 5 nitrogen and oxygen atoms in total. The first-order chi connectivity index (χ1) is 13.0. The standard InChI is InChI=1S/C21H23ClO5/c1-3-4-13-25-18-9-5-17(6-10-18)21(24)27-19-11-7-16(8-12-19)20(23)26-14-15(2)22/h5-12,15H,3-4,13-14H2,1-2H3/t15-/m1/s1. The molecule has 6 heteroatoms. The van der Waals surface area contributed by atoms with E-state index in [1.807, 2.05) is 0 Å². The maximum absolute atomic E-state index is 12.2. The molecule has 0 fully saturated rings. The molecule has 0 aliphatic carbocycles. The summed E-state index contributed by atoms with van der Waals surface area (Å²) in [5, 5.41) is -0.252. The van der Waals surface area contributed by atoms with E-state index in [2.05, 4.69) is 6.92 Å². The minimum Gasteiger partial charge on any atom is -0.494 e. The fourth-order valence-corrected chi connectivity index (χ4v) is 2.18. The summed E-state index contributed by atoms with van der Waals surface area (Å²) in [5.41, 5.74) is 0.776. The van der Waals surface area contributed by atoms with Crippen LogP contribution in [0.25, 0.3) is 0 Å². The van der Waals surface area contributed by atoms with Gasteiger partial charge in [-0.3, -0.25) is 0 Å². The summed E-state index contributed by atoms with van der Waals surface area (Å²) in [6, 6.07) is 12.9. The molecule has 0 unspecified atom stereocenters. The SMILES string of the molecule is CCCCOc1ccc(C(=O)Oc2ccc(C(=O)OC[C@@H](C)Cl)cc2)cc1. The van der Waals surface area contributed by atoms with Crippen molar-refractivity contribution in [3.05, 3.63) is 59.7 Å². The Hall–Kier alpha value is -2.53. The lowest BCUT2D eigenvalue weighted by atomic mass is 10.2. The number of benzene rings is 2. The molecule has 0 aliphatic heterocycles. The molecule has 2 aromatic carbocycles. The van der Waals surface area contributed by atoms with E-state index in [1.165, 1.54) is 12.1 Å². The minimum atomic E-state index is -0.485.